The van der Waals surface area contributed by atoms with E-state index in [0.717, 1.165) is 37.1 Å². The van der Waals surface area contributed by atoms with Gasteiger partial charge in [0.05, 0.1) is 27.0 Å². The fourth-order valence-electron chi connectivity index (χ4n) is 3.80. The summed E-state index contributed by atoms with van der Waals surface area (Å²) in [6.07, 6.45) is -2.14. The number of hydrogen-bond donors (Lipinski definition) is 1. The quantitative estimate of drug-likeness (QED) is 0.262. The zero-order valence-electron chi connectivity index (χ0n) is 22.2. The monoisotopic (exact) mass is 582 g/mol. The van der Waals surface area contributed by atoms with Crippen LogP contribution < -0.4 is 5.32 Å². The van der Waals surface area contributed by atoms with E-state index in [4.69, 9.17) is 23.2 Å². The van der Waals surface area contributed by atoms with Crippen molar-refractivity contribution in [2.45, 2.75) is 58.5 Å². The van der Waals surface area contributed by atoms with Gasteiger partial charge >= 0.3 is 6.18 Å². The molecule has 3 aromatic rings. The van der Waals surface area contributed by atoms with Gasteiger partial charge in [0.2, 0.25) is 5.91 Å². The molecule has 1 heterocycles. The summed E-state index contributed by atoms with van der Waals surface area (Å²) in [7, 11) is 0. The smallest absolute Gasteiger partial charge is 0.329 e. The second kappa shape index (κ2) is 12.4. The Bertz CT molecular complexity index is 1320. The molecule has 0 radical (unpaired) electrons. The highest BCUT2D eigenvalue weighted by Gasteiger charge is 2.31. The minimum Gasteiger partial charge on any atom is -0.329 e. The van der Waals surface area contributed by atoms with E-state index in [9.17, 15) is 22.8 Å². The molecule has 0 bridgehead atoms. The molecule has 0 unspecified atom stereocenters. The lowest BCUT2D eigenvalue weighted by Crippen LogP contribution is -2.39. The van der Waals surface area contributed by atoms with Crippen molar-refractivity contribution in [2.24, 2.45) is 0 Å². The van der Waals surface area contributed by atoms with Crippen molar-refractivity contribution in [3.63, 3.8) is 0 Å². The van der Waals surface area contributed by atoms with Crippen LogP contribution in [0.3, 0.4) is 0 Å². The first-order valence-electron chi connectivity index (χ1n) is 12.5. The number of halogens is 5. The maximum absolute atomic E-state index is 13.2. The van der Waals surface area contributed by atoms with Crippen molar-refractivity contribution >= 4 is 40.8 Å². The summed E-state index contributed by atoms with van der Waals surface area (Å²) in [5.74, 6) is -0.629. The molecular formula is C28H31Cl2F3N4O2. The van der Waals surface area contributed by atoms with Crippen LogP contribution in [-0.2, 0) is 16.4 Å². The summed E-state index contributed by atoms with van der Waals surface area (Å²) < 4.78 is 40.4. The van der Waals surface area contributed by atoms with E-state index in [2.05, 4.69) is 10.4 Å². The lowest BCUT2D eigenvalue weighted by atomic mass is 9.92. The zero-order valence-corrected chi connectivity index (χ0v) is 23.7. The van der Waals surface area contributed by atoms with Crippen LogP contribution in [0.15, 0.2) is 48.5 Å². The van der Waals surface area contributed by atoms with Gasteiger partial charge in [-0.3, -0.25) is 9.59 Å². The lowest BCUT2D eigenvalue weighted by molar-refractivity contribution is -0.137. The average molecular weight is 583 g/mol. The highest BCUT2D eigenvalue weighted by Crippen LogP contribution is 2.30. The fraction of sp³-hybridized carbons (Fsp3) is 0.393. The Morgan fingerprint density at radius 3 is 2.21 bits per heavy atom. The van der Waals surface area contributed by atoms with E-state index in [1.54, 1.807) is 28.9 Å². The zero-order chi connectivity index (χ0) is 29.0. The third-order valence-electron chi connectivity index (χ3n) is 6.01. The van der Waals surface area contributed by atoms with Gasteiger partial charge in [0, 0.05) is 23.6 Å². The average Bonchev–Trinajstić information content (AvgIpc) is 3.28. The molecule has 0 saturated heterocycles. The molecule has 2 aromatic carbocycles. The van der Waals surface area contributed by atoms with Crippen molar-refractivity contribution in [1.82, 2.24) is 14.7 Å². The molecule has 6 nitrogen and oxygen atoms in total. The SMILES string of the molecule is CCCCCN(CC(=O)Nc1cc(C(C)(C)C)nn1-c1ccc(Cl)c(Cl)c1)C(=O)c1ccc(C(F)(F)F)cc1. The highest BCUT2D eigenvalue weighted by molar-refractivity contribution is 6.42. The summed E-state index contributed by atoms with van der Waals surface area (Å²) in [5, 5.41) is 8.18. The number of amides is 2. The Morgan fingerprint density at radius 1 is 0.974 bits per heavy atom. The molecular weight excluding hydrogens is 552 g/mol. The van der Waals surface area contributed by atoms with Crippen molar-refractivity contribution in [3.05, 3.63) is 75.4 Å². The summed E-state index contributed by atoms with van der Waals surface area (Å²) in [5.41, 5.74) is 0.189. The molecule has 2 amide bonds. The van der Waals surface area contributed by atoms with Gasteiger partial charge in [0.1, 0.15) is 12.4 Å². The Hall–Kier alpha value is -3.04. The van der Waals surface area contributed by atoms with E-state index in [1.807, 2.05) is 27.7 Å². The minimum absolute atomic E-state index is 0.0724. The molecule has 1 aromatic heterocycles. The Balaban J connectivity index is 1.86. The maximum Gasteiger partial charge on any atom is 0.416 e. The molecule has 0 aliphatic carbocycles. The molecule has 3 rings (SSSR count). The van der Waals surface area contributed by atoms with Gasteiger partial charge in [0.25, 0.3) is 5.91 Å². The molecule has 0 spiro atoms. The van der Waals surface area contributed by atoms with E-state index in [0.29, 0.717) is 33.7 Å². The normalized spacial score (nSPS) is 11.9. The van der Waals surface area contributed by atoms with Gasteiger partial charge in [-0.2, -0.15) is 18.3 Å². The number of carbonyl (C=O) groups is 2. The lowest BCUT2D eigenvalue weighted by Gasteiger charge is -2.22. The van der Waals surface area contributed by atoms with E-state index in [-0.39, 0.29) is 24.1 Å². The second-order valence-corrected chi connectivity index (χ2v) is 11.0. The number of alkyl halides is 3. The van der Waals surface area contributed by atoms with Crippen LogP contribution >= 0.6 is 23.2 Å². The Labute approximate surface area is 236 Å². The first-order valence-corrected chi connectivity index (χ1v) is 13.3. The molecule has 11 heteroatoms. The molecule has 1 N–H and O–H groups in total. The van der Waals surface area contributed by atoms with Gasteiger partial charge in [-0.15, -0.1) is 0 Å². The highest BCUT2D eigenvalue weighted by atomic mass is 35.5. The van der Waals surface area contributed by atoms with Gasteiger partial charge in [0.15, 0.2) is 0 Å². The first-order chi connectivity index (χ1) is 18.2. The molecule has 0 aliphatic rings. The van der Waals surface area contributed by atoms with Crippen LogP contribution in [0.5, 0.6) is 0 Å². The van der Waals surface area contributed by atoms with Crippen LogP contribution in [0.25, 0.3) is 5.69 Å². The molecule has 0 atom stereocenters. The summed E-state index contributed by atoms with van der Waals surface area (Å²) in [6.45, 7) is 7.95. The van der Waals surface area contributed by atoms with Crippen LogP contribution in [0.2, 0.25) is 10.0 Å². The second-order valence-electron chi connectivity index (χ2n) is 10.2. The third-order valence-corrected chi connectivity index (χ3v) is 6.74. The molecule has 39 heavy (non-hydrogen) atoms. The summed E-state index contributed by atoms with van der Waals surface area (Å²) in [6, 6.07) is 10.7. The van der Waals surface area contributed by atoms with Gasteiger partial charge in [-0.25, -0.2) is 4.68 Å². The number of anilines is 1. The van der Waals surface area contributed by atoms with Crippen LogP contribution in [0, 0.1) is 0 Å². The van der Waals surface area contributed by atoms with Crippen molar-refractivity contribution < 1.29 is 22.8 Å². The Kier molecular flexibility index (Phi) is 9.72. The largest absolute Gasteiger partial charge is 0.416 e. The number of benzene rings is 2. The fourth-order valence-corrected chi connectivity index (χ4v) is 4.09. The minimum atomic E-state index is -4.51. The summed E-state index contributed by atoms with van der Waals surface area (Å²) in [4.78, 5) is 27.7. The van der Waals surface area contributed by atoms with Gasteiger partial charge in [-0.1, -0.05) is 63.7 Å². The van der Waals surface area contributed by atoms with Crippen LogP contribution in [0.1, 0.15) is 68.6 Å². The van der Waals surface area contributed by atoms with E-state index < -0.39 is 23.6 Å². The first kappa shape index (κ1) is 30.5. The molecule has 0 fully saturated rings. The maximum atomic E-state index is 13.2. The van der Waals surface area contributed by atoms with Crippen molar-refractivity contribution in [3.8, 4) is 5.69 Å². The molecule has 0 aliphatic heterocycles. The number of aromatic nitrogens is 2. The third kappa shape index (κ3) is 7.99. The van der Waals surface area contributed by atoms with Crippen molar-refractivity contribution in [1.29, 1.82) is 0 Å². The van der Waals surface area contributed by atoms with Crippen LogP contribution in [0.4, 0.5) is 19.0 Å². The molecule has 210 valence electrons. The number of nitrogens with one attached hydrogen (secondary N) is 1. The predicted octanol–water partition coefficient (Wildman–Crippen LogP) is 7.77. The topological polar surface area (TPSA) is 67.2 Å². The Morgan fingerprint density at radius 2 is 1.64 bits per heavy atom. The number of nitrogens with zero attached hydrogens (tertiary/aromatic N) is 3. The number of hydrogen-bond acceptors (Lipinski definition) is 3. The van der Waals surface area contributed by atoms with E-state index >= 15 is 0 Å². The number of carbonyl (C=O) groups excluding carboxylic acids is 2. The summed E-state index contributed by atoms with van der Waals surface area (Å²) >= 11 is 12.3. The molecule has 0 saturated carbocycles. The van der Waals surface area contributed by atoms with Gasteiger partial charge in [-0.05, 0) is 48.9 Å². The van der Waals surface area contributed by atoms with Crippen molar-refractivity contribution in [2.75, 3.05) is 18.4 Å². The standard InChI is InChI=1S/C28H31Cl2F3N4O2/c1-5-6-7-14-36(26(39)18-8-10-19(11-9-18)28(31,32)33)17-25(38)34-24-16-23(27(2,3)4)35-37(24)20-12-13-21(29)22(30)15-20/h8-13,15-16H,5-7,14,17H2,1-4H3,(H,34,38). The predicted molar refractivity (Wildman–Crippen MR) is 148 cm³/mol. The number of rotatable bonds is 9. The van der Waals surface area contributed by atoms with Gasteiger partial charge < -0.3 is 10.2 Å². The number of unbranched alkanes of at least 4 members (excludes halogenated alkanes) is 2. The van der Waals surface area contributed by atoms with E-state index in [1.165, 1.54) is 4.90 Å². The van der Waals surface area contributed by atoms with Crippen LogP contribution in [-0.4, -0.2) is 39.6 Å².